The first-order valence-corrected chi connectivity index (χ1v) is 13.7. The van der Waals surface area contributed by atoms with Crippen LogP contribution in [-0.2, 0) is 25.1 Å². The summed E-state index contributed by atoms with van der Waals surface area (Å²) in [6, 6.07) is 17.7. The van der Waals surface area contributed by atoms with Crippen LogP contribution in [0, 0.1) is 0 Å². The van der Waals surface area contributed by atoms with Crippen molar-refractivity contribution in [3.05, 3.63) is 124 Å². The number of anilines is 1. The molecule has 0 saturated carbocycles. The Labute approximate surface area is 253 Å². The predicted molar refractivity (Wildman–Crippen MR) is 151 cm³/mol. The summed E-state index contributed by atoms with van der Waals surface area (Å²) in [6.45, 7) is 0.605. The molecule has 0 heterocycles. The first-order chi connectivity index (χ1) is 20.7. The Bertz CT molecular complexity index is 1590. The van der Waals surface area contributed by atoms with E-state index >= 15 is 0 Å². The van der Waals surface area contributed by atoms with Gasteiger partial charge >= 0.3 is 18.3 Å². The van der Waals surface area contributed by atoms with Crippen LogP contribution in [0.5, 0.6) is 11.5 Å². The van der Waals surface area contributed by atoms with Crippen molar-refractivity contribution < 1.29 is 45.0 Å². The van der Waals surface area contributed by atoms with E-state index in [4.69, 9.17) is 16.3 Å². The van der Waals surface area contributed by atoms with Gasteiger partial charge in [0, 0.05) is 28.9 Å². The van der Waals surface area contributed by atoms with Gasteiger partial charge in [-0.2, -0.15) is 35.1 Å². The van der Waals surface area contributed by atoms with Crippen molar-refractivity contribution in [1.82, 2.24) is 0 Å². The second-order valence-corrected chi connectivity index (χ2v) is 10.3. The van der Waals surface area contributed by atoms with Gasteiger partial charge in [-0.25, -0.2) is 0 Å². The third-order valence-electron chi connectivity index (χ3n) is 6.96. The molecule has 0 spiro atoms. The molecule has 234 valence electrons. The summed E-state index contributed by atoms with van der Waals surface area (Å²) in [7, 11) is 0. The van der Waals surface area contributed by atoms with E-state index in [1.165, 1.54) is 47.4 Å². The maximum Gasteiger partial charge on any atom is 0.458 e. The van der Waals surface area contributed by atoms with E-state index < -0.39 is 48.6 Å². The standard InChI is InChI=1S/C32H26ClF8NO2/c1-2-21-16-25(13-14-28(21)33)44-24-10-6-9-23(17-24)42(29(19-43)26-11-3-4-12-27(26)31(36,37)38)18-20-7-5-8-22(15-20)30(34,35)32(39,40)41/h3-17,29,43H,2,18-19H2,1H3. The fourth-order valence-electron chi connectivity index (χ4n) is 4.76. The van der Waals surface area contributed by atoms with Crippen LogP contribution in [0.4, 0.5) is 40.8 Å². The van der Waals surface area contributed by atoms with Gasteiger partial charge in [0.05, 0.1) is 18.2 Å². The van der Waals surface area contributed by atoms with Crippen molar-refractivity contribution >= 4 is 17.3 Å². The third-order valence-corrected chi connectivity index (χ3v) is 7.32. The summed E-state index contributed by atoms with van der Waals surface area (Å²) in [5.74, 6) is -4.51. The lowest BCUT2D eigenvalue weighted by Gasteiger charge is -2.35. The van der Waals surface area contributed by atoms with Crippen molar-refractivity contribution in [1.29, 1.82) is 0 Å². The molecule has 4 aromatic rings. The highest BCUT2D eigenvalue weighted by Crippen LogP contribution is 2.44. The van der Waals surface area contributed by atoms with Crippen LogP contribution in [0.3, 0.4) is 0 Å². The zero-order valence-electron chi connectivity index (χ0n) is 23.1. The normalized spacial score (nSPS) is 13.1. The number of rotatable bonds is 10. The molecular weight excluding hydrogens is 618 g/mol. The molecule has 1 unspecified atom stereocenters. The molecule has 1 atom stereocenters. The number of aliphatic hydroxyl groups is 1. The Morgan fingerprint density at radius 1 is 0.795 bits per heavy atom. The molecule has 12 heteroatoms. The first-order valence-electron chi connectivity index (χ1n) is 13.3. The molecule has 0 aromatic heterocycles. The van der Waals surface area contributed by atoms with Gasteiger partial charge in [0.1, 0.15) is 11.5 Å². The van der Waals surface area contributed by atoms with Crippen LogP contribution in [0.2, 0.25) is 5.02 Å². The Morgan fingerprint density at radius 2 is 1.48 bits per heavy atom. The van der Waals surface area contributed by atoms with E-state index in [0.29, 0.717) is 29.3 Å². The van der Waals surface area contributed by atoms with E-state index in [1.54, 1.807) is 24.3 Å². The Hall–Kier alpha value is -3.83. The molecule has 1 N–H and O–H groups in total. The van der Waals surface area contributed by atoms with Crippen molar-refractivity contribution in [3.8, 4) is 11.5 Å². The Morgan fingerprint density at radius 3 is 2.14 bits per heavy atom. The molecule has 0 aliphatic rings. The van der Waals surface area contributed by atoms with Crippen LogP contribution in [0.1, 0.15) is 40.8 Å². The zero-order valence-corrected chi connectivity index (χ0v) is 23.8. The largest absolute Gasteiger partial charge is 0.458 e. The second-order valence-electron chi connectivity index (χ2n) is 9.89. The van der Waals surface area contributed by atoms with E-state index in [0.717, 1.165) is 17.7 Å². The molecule has 0 fully saturated rings. The van der Waals surface area contributed by atoms with Crippen LogP contribution in [0.25, 0.3) is 0 Å². The van der Waals surface area contributed by atoms with Gasteiger partial charge < -0.3 is 14.7 Å². The van der Waals surface area contributed by atoms with Gasteiger partial charge in [-0.1, -0.05) is 61.0 Å². The van der Waals surface area contributed by atoms with Crippen LogP contribution < -0.4 is 9.64 Å². The molecule has 0 bridgehead atoms. The van der Waals surface area contributed by atoms with Crippen molar-refractivity contribution in [2.45, 2.75) is 44.2 Å². The van der Waals surface area contributed by atoms with Crippen LogP contribution in [-0.4, -0.2) is 17.9 Å². The molecule has 44 heavy (non-hydrogen) atoms. The summed E-state index contributed by atoms with van der Waals surface area (Å²) in [5.41, 5.74) is -1.74. The van der Waals surface area contributed by atoms with Gasteiger partial charge in [0.2, 0.25) is 0 Å². The van der Waals surface area contributed by atoms with Crippen molar-refractivity contribution in [2.75, 3.05) is 11.5 Å². The monoisotopic (exact) mass is 643 g/mol. The SMILES string of the molecule is CCc1cc(Oc2cccc(N(Cc3cccc(C(F)(F)C(F)(F)F)c3)C(CO)c3ccccc3C(F)(F)F)c2)ccc1Cl. The second kappa shape index (κ2) is 13.0. The lowest BCUT2D eigenvalue weighted by Crippen LogP contribution is -2.34. The minimum absolute atomic E-state index is 0.0639. The van der Waals surface area contributed by atoms with E-state index in [2.05, 4.69) is 0 Å². The third kappa shape index (κ3) is 7.27. The fourth-order valence-corrected chi connectivity index (χ4v) is 5.02. The van der Waals surface area contributed by atoms with Gasteiger partial charge in [0.15, 0.2) is 0 Å². The number of aryl methyl sites for hydroxylation is 1. The number of nitrogens with zero attached hydrogens (tertiary/aromatic N) is 1. The highest BCUT2D eigenvalue weighted by atomic mass is 35.5. The number of halogens is 9. The molecular formula is C32H26ClF8NO2. The first kappa shape index (κ1) is 33.1. The minimum Gasteiger partial charge on any atom is -0.457 e. The highest BCUT2D eigenvalue weighted by Gasteiger charge is 2.58. The summed E-state index contributed by atoms with van der Waals surface area (Å²) in [5, 5.41) is 11.0. The molecule has 0 amide bonds. The Balaban J connectivity index is 1.81. The molecule has 0 aliphatic heterocycles. The van der Waals surface area contributed by atoms with E-state index in [1.807, 2.05) is 6.92 Å². The fraction of sp³-hybridized carbons (Fsp3) is 0.250. The average molecular weight is 644 g/mol. The molecule has 3 nitrogen and oxygen atoms in total. The number of hydrogen-bond acceptors (Lipinski definition) is 3. The van der Waals surface area contributed by atoms with Crippen LogP contribution >= 0.6 is 11.6 Å². The smallest absolute Gasteiger partial charge is 0.457 e. The average Bonchev–Trinajstić information content (AvgIpc) is 2.97. The zero-order chi connectivity index (χ0) is 32.3. The highest BCUT2D eigenvalue weighted by molar-refractivity contribution is 6.31. The van der Waals surface area contributed by atoms with Gasteiger partial charge in [-0.15, -0.1) is 0 Å². The number of alkyl halides is 8. The lowest BCUT2D eigenvalue weighted by molar-refractivity contribution is -0.289. The topological polar surface area (TPSA) is 32.7 Å². The maximum absolute atomic E-state index is 14.2. The maximum atomic E-state index is 14.2. The summed E-state index contributed by atoms with van der Waals surface area (Å²) in [6.07, 6.45) is -10.1. The van der Waals surface area contributed by atoms with Gasteiger partial charge in [-0.05, 0) is 65.6 Å². The van der Waals surface area contributed by atoms with E-state index in [-0.39, 0.29) is 22.6 Å². The summed E-state index contributed by atoms with van der Waals surface area (Å²) >= 11 is 6.19. The molecule has 4 aromatic carbocycles. The number of ether oxygens (including phenoxy) is 1. The minimum atomic E-state index is -5.87. The van der Waals surface area contributed by atoms with Crippen molar-refractivity contribution in [2.24, 2.45) is 0 Å². The number of benzene rings is 4. The predicted octanol–water partition coefficient (Wildman–Crippen LogP) is 10.1. The van der Waals surface area contributed by atoms with Crippen LogP contribution in [0.15, 0.2) is 91.0 Å². The van der Waals surface area contributed by atoms with Crippen molar-refractivity contribution in [3.63, 3.8) is 0 Å². The lowest BCUT2D eigenvalue weighted by atomic mass is 9.97. The molecule has 0 aliphatic carbocycles. The molecule has 0 saturated heterocycles. The Kier molecular flexibility index (Phi) is 9.80. The van der Waals surface area contributed by atoms with Gasteiger partial charge in [0.25, 0.3) is 0 Å². The van der Waals surface area contributed by atoms with E-state index in [9.17, 15) is 40.2 Å². The summed E-state index contributed by atoms with van der Waals surface area (Å²) < 4.78 is 116. The number of hydrogen-bond donors (Lipinski definition) is 1. The van der Waals surface area contributed by atoms with Gasteiger partial charge in [-0.3, -0.25) is 0 Å². The molecule has 0 radical (unpaired) electrons. The molecule has 4 rings (SSSR count). The summed E-state index contributed by atoms with van der Waals surface area (Å²) in [4.78, 5) is 1.29. The number of aliphatic hydroxyl groups excluding tert-OH is 1. The quantitative estimate of drug-likeness (QED) is 0.175.